The van der Waals surface area contributed by atoms with Gasteiger partial charge in [0.1, 0.15) is 10.6 Å². The van der Waals surface area contributed by atoms with Crippen molar-refractivity contribution in [3.8, 4) is 0 Å². The van der Waals surface area contributed by atoms with Gasteiger partial charge in [0.2, 0.25) is 0 Å². The van der Waals surface area contributed by atoms with Gasteiger partial charge < -0.3 is 5.11 Å². The average molecular weight is 428 g/mol. The topological polar surface area (TPSA) is 39.6 Å². The number of thiazole rings is 1. The van der Waals surface area contributed by atoms with Gasteiger partial charge in [0.25, 0.3) is 0 Å². The molecule has 0 unspecified atom stereocenters. The standard InChI is InChI=1S/C21H28F3N3OS/c1-3-26(4-2)14-19-25-18(15-29-19)20(28)9-11-27(12-10-20)13-16-5-7-17(8-6-16)21(22,23)24/h5-8,15,28H,3-4,9-14H2,1-2H3. The fraction of sp³-hybridized carbons (Fsp3) is 0.571. The summed E-state index contributed by atoms with van der Waals surface area (Å²) in [6.45, 7) is 8.92. The maximum atomic E-state index is 12.7. The van der Waals surface area contributed by atoms with Crippen molar-refractivity contribution in [3.05, 3.63) is 51.5 Å². The maximum Gasteiger partial charge on any atom is 0.416 e. The van der Waals surface area contributed by atoms with E-state index in [1.165, 1.54) is 12.1 Å². The highest BCUT2D eigenvalue weighted by Gasteiger charge is 2.36. The molecule has 0 aliphatic carbocycles. The van der Waals surface area contributed by atoms with Crippen LogP contribution in [0.1, 0.15) is 48.5 Å². The molecule has 160 valence electrons. The molecule has 1 saturated heterocycles. The zero-order chi connectivity index (χ0) is 21.1. The third-order valence-corrected chi connectivity index (χ3v) is 6.49. The summed E-state index contributed by atoms with van der Waals surface area (Å²) in [5, 5.41) is 14.1. The molecule has 1 aromatic carbocycles. The lowest BCUT2D eigenvalue weighted by atomic mass is 9.88. The summed E-state index contributed by atoms with van der Waals surface area (Å²) in [5.74, 6) is 0. The Labute approximate surface area is 174 Å². The van der Waals surface area contributed by atoms with Crippen LogP contribution in [0.15, 0.2) is 29.6 Å². The molecule has 1 aliphatic rings. The Morgan fingerprint density at radius 1 is 1.14 bits per heavy atom. The first-order chi connectivity index (χ1) is 13.7. The first-order valence-corrected chi connectivity index (χ1v) is 10.9. The highest BCUT2D eigenvalue weighted by Crippen LogP contribution is 2.34. The maximum absolute atomic E-state index is 12.7. The van der Waals surface area contributed by atoms with Crippen LogP contribution in [-0.2, 0) is 24.9 Å². The molecule has 3 rings (SSSR count). The number of likely N-dealkylation sites (tertiary alicyclic amines) is 1. The van der Waals surface area contributed by atoms with E-state index in [0.29, 0.717) is 32.5 Å². The summed E-state index contributed by atoms with van der Waals surface area (Å²) in [4.78, 5) is 9.14. The van der Waals surface area contributed by atoms with Crippen LogP contribution >= 0.6 is 11.3 Å². The van der Waals surface area contributed by atoms with Gasteiger partial charge in [-0.25, -0.2) is 4.98 Å². The van der Waals surface area contributed by atoms with Crippen LogP contribution in [-0.4, -0.2) is 46.1 Å². The van der Waals surface area contributed by atoms with Gasteiger partial charge in [-0.15, -0.1) is 11.3 Å². The van der Waals surface area contributed by atoms with Crippen molar-refractivity contribution < 1.29 is 18.3 Å². The van der Waals surface area contributed by atoms with Gasteiger partial charge in [-0.05, 0) is 43.6 Å². The molecular weight excluding hydrogens is 399 g/mol. The molecule has 29 heavy (non-hydrogen) atoms. The predicted molar refractivity (Wildman–Crippen MR) is 109 cm³/mol. The molecule has 4 nitrogen and oxygen atoms in total. The molecule has 1 aromatic heterocycles. The van der Waals surface area contributed by atoms with E-state index in [0.717, 1.165) is 48.0 Å². The van der Waals surface area contributed by atoms with E-state index >= 15 is 0 Å². The van der Waals surface area contributed by atoms with Crippen LogP contribution in [0.2, 0.25) is 0 Å². The number of alkyl halides is 3. The number of aliphatic hydroxyl groups is 1. The number of nitrogens with zero attached hydrogens (tertiary/aromatic N) is 3. The number of piperidine rings is 1. The Bertz CT molecular complexity index is 779. The van der Waals surface area contributed by atoms with Gasteiger partial charge in [-0.3, -0.25) is 9.80 Å². The molecule has 1 fully saturated rings. The second-order valence-corrected chi connectivity index (χ2v) is 8.53. The lowest BCUT2D eigenvalue weighted by molar-refractivity contribution is -0.137. The number of hydrogen-bond donors (Lipinski definition) is 1. The van der Waals surface area contributed by atoms with Gasteiger partial charge in [-0.2, -0.15) is 13.2 Å². The lowest BCUT2D eigenvalue weighted by Crippen LogP contribution is -2.42. The highest BCUT2D eigenvalue weighted by molar-refractivity contribution is 7.09. The van der Waals surface area contributed by atoms with E-state index < -0.39 is 17.3 Å². The van der Waals surface area contributed by atoms with Crippen molar-refractivity contribution in [2.75, 3.05) is 26.2 Å². The van der Waals surface area contributed by atoms with E-state index in [9.17, 15) is 18.3 Å². The van der Waals surface area contributed by atoms with E-state index in [-0.39, 0.29) is 0 Å². The Kier molecular flexibility index (Phi) is 6.98. The minimum Gasteiger partial charge on any atom is -0.383 e. The van der Waals surface area contributed by atoms with Crippen LogP contribution in [0.4, 0.5) is 13.2 Å². The Balaban J connectivity index is 1.56. The summed E-state index contributed by atoms with van der Waals surface area (Å²) in [6, 6.07) is 5.32. The molecule has 2 aromatic rings. The van der Waals surface area contributed by atoms with Crippen molar-refractivity contribution >= 4 is 11.3 Å². The second kappa shape index (κ2) is 9.12. The molecule has 0 saturated carbocycles. The van der Waals surface area contributed by atoms with Gasteiger partial charge in [0.15, 0.2) is 0 Å². The quantitative estimate of drug-likeness (QED) is 0.707. The van der Waals surface area contributed by atoms with E-state index in [2.05, 4.69) is 28.6 Å². The van der Waals surface area contributed by atoms with Crippen molar-refractivity contribution in [1.29, 1.82) is 0 Å². The normalized spacial score (nSPS) is 17.8. The fourth-order valence-corrected chi connectivity index (χ4v) is 4.56. The second-order valence-electron chi connectivity index (χ2n) is 7.59. The van der Waals surface area contributed by atoms with E-state index in [1.54, 1.807) is 11.3 Å². The highest BCUT2D eigenvalue weighted by atomic mass is 32.1. The SMILES string of the molecule is CCN(CC)Cc1nc(C2(O)CCN(Cc3ccc(C(F)(F)F)cc3)CC2)cs1. The number of rotatable bonds is 7. The predicted octanol–water partition coefficient (Wildman–Crippen LogP) is 4.49. The Hall–Kier alpha value is -1.48. The largest absolute Gasteiger partial charge is 0.416 e. The van der Waals surface area contributed by atoms with Gasteiger partial charge in [0.05, 0.1) is 17.8 Å². The molecule has 0 radical (unpaired) electrons. The molecule has 1 N–H and O–H groups in total. The van der Waals surface area contributed by atoms with Crippen LogP contribution in [0.5, 0.6) is 0 Å². The zero-order valence-electron chi connectivity index (χ0n) is 16.9. The molecule has 2 heterocycles. The number of hydrogen-bond acceptors (Lipinski definition) is 5. The zero-order valence-corrected chi connectivity index (χ0v) is 17.7. The van der Waals surface area contributed by atoms with Gasteiger partial charge >= 0.3 is 6.18 Å². The summed E-state index contributed by atoms with van der Waals surface area (Å²) < 4.78 is 38.1. The third-order valence-electron chi connectivity index (χ3n) is 5.65. The lowest BCUT2D eigenvalue weighted by Gasteiger charge is -2.37. The minimum absolute atomic E-state index is 0.572. The average Bonchev–Trinajstić information content (AvgIpc) is 3.17. The van der Waals surface area contributed by atoms with Crippen LogP contribution < -0.4 is 0 Å². The summed E-state index contributed by atoms with van der Waals surface area (Å²) >= 11 is 1.59. The molecular formula is C21H28F3N3OS. The summed E-state index contributed by atoms with van der Waals surface area (Å²) in [5.41, 5.74) is 0.0463. The van der Waals surface area contributed by atoms with Gasteiger partial charge in [0, 0.05) is 25.0 Å². The first kappa shape index (κ1) is 22.2. The van der Waals surface area contributed by atoms with E-state index in [1.807, 2.05) is 5.38 Å². The van der Waals surface area contributed by atoms with Crippen LogP contribution in [0.25, 0.3) is 0 Å². The van der Waals surface area contributed by atoms with Crippen molar-refractivity contribution in [2.24, 2.45) is 0 Å². The van der Waals surface area contributed by atoms with Crippen LogP contribution in [0.3, 0.4) is 0 Å². The molecule has 1 aliphatic heterocycles. The number of halogens is 3. The van der Waals surface area contributed by atoms with E-state index in [4.69, 9.17) is 0 Å². The number of benzene rings is 1. The van der Waals surface area contributed by atoms with Crippen molar-refractivity contribution in [1.82, 2.24) is 14.8 Å². The molecule has 0 bridgehead atoms. The molecule has 8 heteroatoms. The monoisotopic (exact) mass is 427 g/mol. The Morgan fingerprint density at radius 3 is 2.31 bits per heavy atom. The molecule has 0 atom stereocenters. The Morgan fingerprint density at radius 2 is 1.76 bits per heavy atom. The minimum atomic E-state index is -4.31. The summed E-state index contributed by atoms with van der Waals surface area (Å²) in [7, 11) is 0. The number of aromatic nitrogens is 1. The van der Waals surface area contributed by atoms with Gasteiger partial charge in [-0.1, -0.05) is 26.0 Å². The van der Waals surface area contributed by atoms with Crippen molar-refractivity contribution in [3.63, 3.8) is 0 Å². The van der Waals surface area contributed by atoms with Crippen molar-refractivity contribution in [2.45, 2.75) is 51.6 Å². The fourth-order valence-electron chi connectivity index (χ4n) is 3.63. The van der Waals surface area contributed by atoms with Crippen LogP contribution in [0, 0.1) is 0 Å². The smallest absolute Gasteiger partial charge is 0.383 e. The summed E-state index contributed by atoms with van der Waals surface area (Å²) in [6.07, 6.45) is -3.16. The molecule has 0 amide bonds. The third kappa shape index (κ3) is 5.57. The first-order valence-electron chi connectivity index (χ1n) is 10.0. The molecule has 0 spiro atoms.